The summed E-state index contributed by atoms with van der Waals surface area (Å²) >= 11 is 0. The van der Waals surface area contributed by atoms with E-state index in [2.05, 4.69) is 81.9 Å². The molecular formula is C17H22Si. The zero-order chi connectivity index (χ0) is 13.2. The molecular weight excluding hydrogens is 232 g/mol. The highest BCUT2D eigenvalue weighted by molar-refractivity contribution is 6.84. The van der Waals surface area contributed by atoms with Crippen molar-refractivity contribution in [2.45, 2.75) is 32.7 Å². The summed E-state index contributed by atoms with van der Waals surface area (Å²) in [5.41, 5.74) is 1.66. The summed E-state index contributed by atoms with van der Waals surface area (Å²) in [5.74, 6) is 0. The molecule has 0 nitrogen and oxygen atoms in total. The van der Waals surface area contributed by atoms with Gasteiger partial charge in [-0.1, -0.05) is 92.3 Å². The van der Waals surface area contributed by atoms with E-state index in [4.69, 9.17) is 0 Å². The highest BCUT2D eigenvalue weighted by atomic mass is 28.3. The second-order valence-electron chi connectivity index (χ2n) is 6.00. The maximum absolute atomic E-state index is 2.40. The fraction of sp³-hybridized carbons (Fsp3) is 0.294. The van der Waals surface area contributed by atoms with Crippen LogP contribution in [0.15, 0.2) is 54.6 Å². The second-order valence-corrected chi connectivity index (χ2v) is 8.78. The van der Waals surface area contributed by atoms with Gasteiger partial charge in [0.05, 0.1) is 8.80 Å². The summed E-state index contributed by atoms with van der Waals surface area (Å²) in [4.78, 5) is 0. The summed E-state index contributed by atoms with van der Waals surface area (Å²) in [6.45, 7) is 9.20. The van der Waals surface area contributed by atoms with Crippen LogP contribution in [0.25, 0.3) is 0 Å². The lowest BCUT2D eigenvalue weighted by molar-refractivity contribution is 0.590. The quantitative estimate of drug-likeness (QED) is 0.723. The van der Waals surface area contributed by atoms with Crippen LogP contribution in [0.1, 0.15) is 26.3 Å². The van der Waals surface area contributed by atoms with Crippen molar-refractivity contribution >= 4 is 19.2 Å². The Bertz CT molecular complexity index is 491. The Labute approximate surface area is 112 Å². The van der Waals surface area contributed by atoms with Gasteiger partial charge in [-0.05, 0) is 11.0 Å². The van der Waals surface area contributed by atoms with E-state index in [9.17, 15) is 0 Å². The Morgan fingerprint density at radius 1 is 0.722 bits per heavy atom. The molecule has 1 heteroatoms. The minimum atomic E-state index is -0.993. The molecule has 0 spiro atoms. The minimum Gasteiger partial charge on any atom is -0.0642 e. The van der Waals surface area contributed by atoms with Gasteiger partial charge >= 0.3 is 0 Å². The molecule has 2 aromatic carbocycles. The summed E-state index contributed by atoms with van der Waals surface area (Å²) in [5, 5.41) is 3.04. The monoisotopic (exact) mass is 254 g/mol. The maximum Gasteiger partial charge on any atom is 0.0997 e. The van der Waals surface area contributed by atoms with Gasteiger partial charge in [0.1, 0.15) is 0 Å². The average Bonchev–Trinajstić information content (AvgIpc) is 2.38. The van der Waals surface area contributed by atoms with Gasteiger partial charge in [0, 0.05) is 0 Å². The molecule has 0 radical (unpaired) electrons. The molecule has 0 aliphatic rings. The molecule has 0 saturated carbocycles. The van der Waals surface area contributed by atoms with Crippen molar-refractivity contribution < 1.29 is 0 Å². The summed E-state index contributed by atoms with van der Waals surface area (Å²) in [6, 6.07) is 20.1. The van der Waals surface area contributed by atoms with Crippen LogP contribution in [0.2, 0.25) is 6.55 Å². The van der Waals surface area contributed by atoms with Crippen LogP contribution in [0.4, 0.5) is 0 Å². The Morgan fingerprint density at radius 3 is 1.72 bits per heavy atom. The molecule has 1 atom stereocenters. The summed E-state index contributed by atoms with van der Waals surface area (Å²) in [7, 11) is -0.993. The van der Waals surface area contributed by atoms with Crippen molar-refractivity contribution in [1.29, 1.82) is 0 Å². The van der Waals surface area contributed by atoms with Crippen LogP contribution in [0.3, 0.4) is 0 Å². The van der Waals surface area contributed by atoms with Crippen molar-refractivity contribution in [3.05, 3.63) is 60.2 Å². The first-order valence-electron chi connectivity index (χ1n) is 6.64. The summed E-state index contributed by atoms with van der Waals surface area (Å²) < 4.78 is 0. The van der Waals surface area contributed by atoms with Gasteiger partial charge in [0.2, 0.25) is 0 Å². The number of benzene rings is 2. The molecule has 18 heavy (non-hydrogen) atoms. The van der Waals surface area contributed by atoms with Gasteiger partial charge in [-0.25, -0.2) is 0 Å². The highest BCUT2D eigenvalue weighted by Crippen LogP contribution is 2.20. The number of hydrogen-bond donors (Lipinski definition) is 0. The topological polar surface area (TPSA) is 0 Å². The highest BCUT2D eigenvalue weighted by Gasteiger charge is 2.15. The van der Waals surface area contributed by atoms with Crippen LogP contribution in [0, 0.1) is 0 Å². The Balaban J connectivity index is 2.25. The van der Waals surface area contributed by atoms with Crippen LogP contribution in [-0.4, -0.2) is 8.80 Å². The average molecular weight is 254 g/mol. The first kappa shape index (κ1) is 13.1. The van der Waals surface area contributed by atoms with Crippen molar-refractivity contribution in [2.75, 3.05) is 0 Å². The second kappa shape index (κ2) is 5.11. The standard InChI is InChI=1S/C17H22Si/c1-17(2,3)14-10-12-16(13-11-14)18(4)15-8-6-5-7-9-15/h5-13,18H,1-4H3. The fourth-order valence-electron chi connectivity index (χ4n) is 2.21. The molecule has 0 aliphatic carbocycles. The predicted molar refractivity (Wildman–Crippen MR) is 83.9 cm³/mol. The summed E-state index contributed by atoms with van der Waals surface area (Å²) in [6.07, 6.45) is 0. The molecule has 0 N–H and O–H groups in total. The van der Waals surface area contributed by atoms with Crippen LogP contribution >= 0.6 is 0 Å². The van der Waals surface area contributed by atoms with E-state index in [1.54, 1.807) is 0 Å². The fourth-order valence-corrected chi connectivity index (χ4v) is 4.16. The van der Waals surface area contributed by atoms with Crippen LogP contribution in [0.5, 0.6) is 0 Å². The maximum atomic E-state index is 2.40. The van der Waals surface area contributed by atoms with Gasteiger partial charge in [0.25, 0.3) is 0 Å². The van der Waals surface area contributed by atoms with E-state index in [1.165, 1.54) is 15.9 Å². The van der Waals surface area contributed by atoms with Crippen molar-refractivity contribution in [3.8, 4) is 0 Å². The molecule has 0 saturated heterocycles. The lowest BCUT2D eigenvalue weighted by Gasteiger charge is -2.20. The van der Waals surface area contributed by atoms with E-state index in [0.717, 1.165) is 0 Å². The largest absolute Gasteiger partial charge is 0.0997 e. The molecule has 0 amide bonds. The molecule has 2 rings (SSSR count). The first-order chi connectivity index (χ1) is 8.48. The smallest absolute Gasteiger partial charge is 0.0642 e. The van der Waals surface area contributed by atoms with Gasteiger partial charge in [-0.3, -0.25) is 0 Å². The van der Waals surface area contributed by atoms with Crippen molar-refractivity contribution in [2.24, 2.45) is 0 Å². The van der Waals surface area contributed by atoms with E-state index >= 15 is 0 Å². The van der Waals surface area contributed by atoms with Crippen LogP contribution in [-0.2, 0) is 5.41 Å². The van der Waals surface area contributed by atoms with E-state index in [1.807, 2.05) is 0 Å². The third-order valence-corrected chi connectivity index (χ3v) is 6.35. The molecule has 0 aliphatic heterocycles. The zero-order valence-corrected chi connectivity index (χ0v) is 12.9. The van der Waals surface area contributed by atoms with Crippen molar-refractivity contribution in [3.63, 3.8) is 0 Å². The lowest BCUT2D eigenvalue weighted by Crippen LogP contribution is -2.39. The van der Waals surface area contributed by atoms with E-state index < -0.39 is 8.80 Å². The molecule has 2 aromatic rings. The molecule has 0 aromatic heterocycles. The number of rotatable bonds is 2. The molecule has 0 heterocycles. The SMILES string of the molecule is C[SiH](c1ccccc1)c1ccc(C(C)(C)C)cc1. The Hall–Kier alpha value is -1.34. The van der Waals surface area contributed by atoms with Gasteiger partial charge in [-0.2, -0.15) is 0 Å². The van der Waals surface area contributed by atoms with Gasteiger partial charge in [-0.15, -0.1) is 0 Å². The molecule has 0 fully saturated rings. The third kappa shape index (κ3) is 2.91. The van der Waals surface area contributed by atoms with Gasteiger partial charge < -0.3 is 0 Å². The van der Waals surface area contributed by atoms with Gasteiger partial charge in [0.15, 0.2) is 0 Å². The molecule has 94 valence electrons. The predicted octanol–water partition coefficient (Wildman–Crippen LogP) is 2.96. The third-order valence-electron chi connectivity index (χ3n) is 3.58. The first-order valence-corrected chi connectivity index (χ1v) is 8.95. The Kier molecular flexibility index (Phi) is 3.72. The Morgan fingerprint density at radius 2 is 1.22 bits per heavy atom. The van der Waals surface area contributed by atoms with Crippen LogP contribution < -0.4 is 10.4 Å². The van der Waals surface area contributed by atoms with Crippen molar-refractivity contribution in [1.82, 2.24) is 0 Å². The van der Waals surface area contributed by atoms with E-state index in [0.29, 0.717) is 0 Å². The lowest BCUT2D eigenvalue weighted by atomic mass is 9.87. The van der Waals surface area contributed by atoms with E-state index in [-0.39, 0.29) is 5.41 Å². The molecule has 0 bridgehead atoms. The normalized spacial score (nSPS) is 13.3. The zero-order valence-electron chi connectivity index (χ0n) is 11.8. The number of hydrogen-bond acceptors (Lipinski definition) is 0. The molecule has 1 unspecified atom stereocenters. The minimum absolute atomic E-state index is 0.246.